The molecule has 0 spiro atoms. The van der Waals surface area contributed by atoms with Gasteiger partial charge < -0.3 is 4.98 Å². The minimum Gasteiger partial charge on any atom is -0.305 e. The summed E-state index contributed by atoms with van der Waals surface area (Å²) in [5.74, 6) is 0.883. The molecule has 3 aromatic rings. The lowest BCUT2D eigenvalue weighted by Crippen LogP contribution is -2.14. The molecule has 0 saturated carbocycles. The first-order valence-electron chi connectivity index (χ1n) is 9.00. The highest BCUT2D eigenvalue weighted by molar-refractivity contribution is 7.18. The molecule has 8 heteroatoms. The second-order valence-corrected chi connectivity index (χ2v) is 8.73. The summed E-state index contributed by atoms with van der Waals surface area (Å²) in [5.41, 5.74) is 2.10. The molecule has 4 rings (SSSR count). The molecular formula is C20H18ClN3O3S. The van der Waals surface area contributed by atoms with Gasteiger partial charge in [0.15, 0.2) is 5.82 Å². The molecule has 1 aliphatic rings. The minimum atomic E-state index is -0.427. The third kappa shape index (κ3) is 3.36. The molecule has 1 N–H and O–H groups in total. The van der Waals surface area contributed by atoms with Crippen LogP contribution in [0.3, 0.4) is 0 Å². The summed E-state index contributed by atoms with van der Waals surface area (Å²) in [6.45, 7) is 3.90. The first kappa shape index (κ1) is 18.8. The third-order valence-corrected chi connectivity index (χ3v) is 6.55. The van der Waals surface area contributed by atoms with Crippen molar-refractivity contribution >= 4 is 50.0 Å². The van der Waals surface area contributed by atoms with Gasteiger partial charge >= 0.3 is 0 Å². The SMILES string of the molecule is Cc1ccc(/C=C(\Cl)c2nc3sc4c(c3c(=O)[nH]2)CC[C@@H](C)C4)cc1[N+](=O)[O-]. The maximum Gasteiger partial charge on any atom is 0.272 e. The van der Waals surface area contributed by atoms with Gasteiger partial charge in [-0.15, -0.1) is 11.3 Å². The van der Waals surface area contributed by atoms with Crippen molar-refractivity contribution in [2.24, 2.45) is 5.92 Å². The highest BCUT2D eigenvalue weighted by Gasteiger charge is 2.23. The number of benzene rings is 1. The fraction of sp³-hybridized carbons (Fsp3) is 0.300. The summed E-state index contributed by atoms with van der Waals surface area (Å²) >= 11 is 7.96. The van der Waals surface area contributed by atoms with Crippen LogP contribution in [-0.2, 0) is 12.8 Å². The summed E-state index contributed by atoms with van der Waals surface area (Å²) < 4.78 is 0. The first-order chi connectivity index (χ1) is 13.3. The zero-order valence-corrected chi connectivity index (χ0v) is 17.0. The number of fused-ring (bicyclic) bond motifs is 3. The van der Waals surface area contributed by atoms with E-state index in [4.69, 9.17) is 11.6 Å². The first-order valence-corrected chi connectivity index (χ1v) is 10.2. The van der Waals surface area contributed by atoms with Crippen LogP contribution in [0.5, 0.6) is 0 Å². The van der Waals surface area contributed by atoms with E-state index in [2.05, 4.69) is 16.9 Å². The smallest absolute Gasteiger partial charge is 0.272 e. The number of nitrogens with one attached hydrogen (secondary N) is 1. The van der Waals surface area contributed by atoms with E-state index in [0.717, 1.165) is 24.8 Å². The Kier molecular flexibility index (Phi) is 4.81. The lowest BCUT2D eigenvalue weighted by Gasteiger charge is -2.17. The van der Waals surface area contributed by atoms with E-state index in [1.807, 2.05) is 0 Å². The molecule has 0 amide bonds. The predicted molar refractivity (Wildman–Crippen MR) is 113 cm³/mol. The van der Waals surface area contributed by atoms with Crippen LogP contribution in [0.25, 0.3) is 21.3 Å². The molecule has 1 atom stereocenters. The summed E-state index contributed by atoms with van der Waals surface area (Å²) in [6.07, 6.45) is 4.53. The number of aryl methyl sites for hydroxylation is 2. The van der Waals surface area contributed by atoms with Crippen molar-refractivity contribution in [3.8, 4) is 0 Å². The molecule has 144 valence electrons. The molecule has 6 nitrogen and oxygen atoms in total. The number of nitro benzene ring substituents is 1. The highest BCUT2D eigenvalue weighted by Crippen LogP contribution is 2.36. The fourth-order valence-electron chi connectivity index (χ4n) is 3.59. The van der Waals surface area contributed by atoms with Gasteiger partial charge in [-0.3, -0.25) is 14.9 Å². The Balaban J connectivity index is 1.77. The Bertz CT molecular complexity index is 1200. The molecule has 0 saturated heterocycles. The highest BCUT2D eigenvalue weighted by atomic mass is 35.5. The topological polar surface area (TPSA) is 88.9 Å². The van der Waals surface area contributed by atoms with Crippen LogP contribution in [0, 0.1) is 23.0 Å². The molecule has 0 bridgehead atoms. The second kappa shape index (κ2) is 7.14. The molecule has 1 aromatic carbocycles. The maximum absolute atomic E-state index is 12.7. The Morgan fingerprint density at radius 3 is 3.00 bits per heavy atom. The molecule has 0 unspecified atom stereocenters. The quantitative estimate of drug-likeness (QED) is 0.478. The van der Waals surface area contributed by atoms with Crippen molar-refractivity contribution < 1.29 is 4.92 Å². The van der Waals surface area contributed by atoms with Crippen LogP contribution in [0.15, 0.2) is 23.0 Å². The number of aromatic amines is 1. The van der Waals surface area contributed by atoms with Gasteiger partial charge in [-0.2, -0.15) is 0 Å². The maximum atomic E-state index is 12.7. The van der Waals surface area contributed by atoms with Gasteiger partial charge in [-0.05, 0) is 49.3 Å². The van der Waals surface area contributed by atoms with Crippen LogP contribution >= 0.6 is 22.9 Å². The van der Waals surface area contributed by atoms with E-state index < -0.39 is 4.92 Å². The lowest BCUT2D eigenvalue weighted by atomic mass is 9.89. The number of halogens is 1. The monoisotopic (exact) mass is 415 g/mol. The molecule has 0 fully saturated rings. The van der Waals surface area contributed by atoms with E-state index in [0.29, 0.717) is 27.3 Å². The summed E-state index contributed by atoms with van der Waals surface area (Å²) in [5, 5.41) is 12.0. The second-order valence-electron chi connectivity index (χ2n) is 7.24. The number of hydrogen-bond acceptors (Lipinski definition) is 5. The number of aromatic nitrogens is 2. The summed E-state index contributed by atoms with van der Waals surface area (Å²) in [4.78, 5) is 32.7. The lowest BCUT2D eigenvalue weighted by molar-refractivity contribution is -0.385. The molecule has 2 aromatic heterocycles. The Hall–Kier alpha value is -2.51. The average molecular weight is 416 g/mol. The Labute approximate surface area is 170 Å². The van der Waals surface area contributed by atoms with Gasteiger partial charge in [0.05, 0.1) is 15.3 Å². The number of thiophene rings is 1. The van der Waals surface area contributed by atoms with Crippen LogP contribution in [0.4, 0.5) is 5.69 Å². The van der Waals surface area contributed by atoms with Crippen molar-refractivity contribution in [2.75, 3.05) is 0 Å². The van der Waals surface area contributed by atoms with E-state index in [1.54, 1.807) is 36.5 Å². The summed E-state index contributed by atoms with van der Waals surface area (Å²) in [7, 11) is 0. The molecule has 0 aliphatic heterocycles. The standard InChI is InChI=1S/C20H18ClN3O3S/c1-10-3-6-13-16(7-10)28-20-17(13)19(25)22-18(23-20)14(21)8-12-5-4-11(2)15(9-12)24(26)27/h4-5,8-10H,3,6-7H2,1-2H3,(H,22,23,25)/b14-8-/t10-/m1/s1. The predicted octanol–water partition coefficient (Wildman–Crippen LogP) is 5.06. The van der Waals surface area contributed by atoms with Crippen LogP contribution in [-0.4, -0.2) is 14.9 Å². The minimum absolute atomic E-state index is 0.0233. The average Bonchev–Trinajstić information content (AvgIpc) is 3.00. The zero-order chi connectivity index (χ0) is 20.0. The molecular weight excluding hydrogens is 398 g/mol. The van der Waals surface area contributed by atoms with Crippen LogP contribution in [0.2, 0.25) is 0 Å². The van der Waals surface area contributed by atoms with Crippen molar-refractivity contribution in [3.63, 3.8) is 0 Å². The fourth-order valence-corrected chi connectivity index (χ4v) is 5.19. The number of H-pyrrole nitrogens is 1. The molecule has 1 aliphatic carbocycles. The Morgan fingerprint density at radius 2 is 2.25 bits per heavy atom. The van der Waals surface area contributed by atoms with Gasteiger partial charge in [0.1, 0.15) is 4.83 Å². The van der Waals surface area contributed by atoms with Crippen molar-refractivity contribution in [2.45, 2.75) is 33.1 Å². The number of hydrogen-bond donors (Lipinski definition) is 1. The molecule has 28 heavy (non-hydrogen) atoms. The van der Waals surface area contributed by atoms with Crippen molar-refractivity contribution in [1.82, 2.24) is 9.97 Å². The van der Waals surface area contributed by atoms with Crippen molar-refractivity contribution in [3.05, 3.63) is 66.1 Å². The van der Waals surface area contributed by atoms with E-state index >= 15 is 0 Å². The summed E-state index contributed by atoms with van der Waals surface area (Å²) in [6, 6.07) is 4.87. The molecule has 2 heterocycles. The van der Waals surface area contributed by atoms with E-state index in [9.17, 15) is 14.9 Å². The number of nitro groups is 1. The van der Waals surface area contributed by atoms with Crippen molar-refractivity contribution in [1.29, 1.82) is 0 Å². The van der Waals surface area contributed by atoms with Gasteiger partial charge in [0.2, 0.25) is 0 Å². The van der Waals surface area contributed by atoms with Gasteiger partial charge in [-0.25, -0.2) is 4.98 Å². The van der Waals surface area contributed by atoms with Gasteiger partial charge in [-0.1, -0.05) is 30.7 Å². The van der Waals surface area contributed by atoms with E-state index in [-0.39, 0.29) is 22.1 Å². The van der Waals surface area contributed by atoms with Gasteiger partial charge in [0, 0.05) is 16.5 Å². The molecule has 0 radical (unpaired) electrons. The number of nitrogens with zero attached hydrogens (tertiary/aromatic N) is 2. The number of rotatable bonds is 3. The zero-order valence-electron chi connectivity index (χ0n) is 15.4. The third-order valence-electron chi connectivity index (χ3n) is 5.11. The Morgan fingerprint density at radius 1 is 1.46 bits per heavy atom. The largest absolute Gasteiger partial charge is 0.305 e. The van der Waals surface area contributed by atoms with Crippen LogP contribution < -0.4 is 5.56 Å². The van der Waals surface area contributed by atoms with Crippen LogP contribution in [0.1, 0.15) is 40.7 Å². The normalized spacial score (nSPS) is 17.0. The van der Waals surface area contributed by atoms with Gasteiger partial charge in [0.25, 0.3) is 11.2 Å². The van der Waals surface area contributed by atoms with E-state index in [1.165, 1.54) is 10.9 Å².